The molecule has 0 aliphatic carbocycles. The van der Waals surface area contributed by atoms with Gasteiger partial charge in [0.05, 0.1) is 5.54 Å². The van der Waals surface area contributed by atoms with E-state index in [1.807, 2.05) is 18.7 Å². The van der Waals surface area contributed by atoms with Crippen molar-refractivity contribution >= 4 is 6.09 Å². The molecule has 3 nitrogen and oxygen atoms in total. The van der Waals surface area contributed by atoms with Crippen LogP contribution in [0.15, 0.2) is 0 Å². The topological polar surface area (TPSA) is 29.5 Å². The second kappa shape index (κ2) is 2.40. The quantitative estimate of drug-likeness (QED) is 0.576. The molecule has 74 valence electrons. The summed E-state index contributed by atoms with van der Waals surface area (Å²) in [6.45, 7) is 7.02. The summed E-state index contributed by atoms with van der Waals surface area (Å²) >= 11 is 0. The van der Waals surface area contributed by atoms with E-state index in [4.69, 9.17) is 4.74 Å². The monoisotopic (exact) mass is 183 g/mol. The van der Waals surface area contributed by atoms with Gasteiger partial charge in [0.15, 0.2) is 0 Å². The molecule has 3 heteroatoms. The largest absolute Gasteiger partial charge is 0.441 e. The highest BCUT2D eigenvalue weighted by Gasteiger charge is 2.57. The van der Waals surface area contributed by atoms with Gasteiger partial charge < -0.3 is 4.74 Å². The number of rotatable bonds is 0. The number of carbonyl (C=O) groups excluding carboxylic acids is 1. The maximum Gasteiger partial charge on any atom is 0.410 e. The maximum atomic E-state index is 11.5. The van der Waals surface area contributed by atoms with Gasteiger partial charge in [-0.15, -0.1) is 0 Å². The minimum absolute atomic E-state index is 0.0810. The summed E-state index contributed by atoms with van der Waals surface area (Å²) in [6, 6.07) is 0. The molecule has 2 fully saturated rings. The van der Waals surface area contributed by atoms with Crippen LogP contribution in [0.25, 0.3) is 0 Å². The van der Waals surface area contributed by atoms with Crippen molar-refractivity contribution in [1.29, 1.82) is 0 Å². The Balaban J connectivity index is 2.36. The number of nitrogens with zero attached hydrogens (tertiary/aromatic N) is 1. The van der Waals surface area contributed by atoms with Crippen LogP contribution < -0.4 is 0 Å². The normalized spacial score (nSPS) is 37.2. The molecular weight excluding hydrogens is 166 g/mol. The van der Waals surface area contributed by atoms with E-state index < -0.39 is 0 Å². The van der Waals surface area contributed by atoms with Gasteiger partial charge >= 0.3 is 6.09 Å². The van der Waals surface area contributed by atoms with E-state index in [-0.39, 0.29) is 17.2 Å². The summed E-state index contributed by atoms with van der Waals surface area (Å²) in [7, 11) is 0. The minimum atomic E-state index is -0.329. The van der Waals surface area contributed by atoms with Crippen LogP contribution in [0, 0.1) is 0 Å². The highest BCUT2D eigenvalue weighted by molar-refractivity contribution is 5.72. The number of ether oxygens (including phenoxy) is 1. The molecule has 0 aromatic rings. The van der Waals surface area contributed by atoms with Crippen molar-refractivity contribution in [3.05, 3.63) is 0 Å². The van der Waals surface area contributed by atoms with Crippen LogP contribution in [0.3, 0.4) is 0 Å². The van der Waals surface area contributed by atoms with E-state index in [1.165, 1.54) is 6.42 Å². The van der Waals surface area contributed by atoms with Gasteiger partial charge in [0.1, 0.15) is 5.60 Å². The number of amides is 1. The number of fused-ring (bicyclic) bond motifs is 1. The number of carbonyl (C=O) groups is 1. The molecule has 0 radical (unpaired) electrons. The third-order valence-corrected chi connectivity index (χ3v) is 3.75. The lowest BCUT2D eigenvalue weighted by atomic mass is 9.77. The van der Waals surface area contributed by atoms with Crippen LogP contribution in [0.5, 0.6) is 0 Å². The van der Waals surface area contributed by atoms with Gasteiger partial charge in [-0.25, -0.2) is 4.79 Å². The lowest BCUT2D eigenvalue weighted by Crippen LogP contribution is -2.55. The maximum absolute atomic E-state index is 11.5. The predicted octanol–water partition coefficient (Wildman–Crippen LogP) is 2.16. The van der Waals surface area contributed by atoms with Crippen molar-refractivity contribution in [1.82, 2.24) is 4.90 Å². The van der Waals surface area contributed by atoms with Crippen LogP contribution in [0.4, 0.5) is 4.79 Å². The average Bonchev–Trinajstić information content (AvgIpc) is 2.20. The van der Waals surface area contributed by atoms with Gasteiger partial charge in [-0.05, 0) is 40.0 Å². The zero-order valence-electron chi connectivity index (χ0n) is 8.59. The van der Waals surface area contributed by atoms with Crippen molar-refractivity contribution in [2.24, 2.45) is 0 Å². The summed E-state index contributed by atoms with van der Waals surface area (Å²) in [5.41, 5.74) is -0.410. The molecule has 1 amide bonds. The number of cyclic esters (lactones) is 1. The molecule has 2 aliphatic rings. The Morgan fingerprint density at radius 2 is 2.00 bits per heavy atom. The smallest absolute Gasteiger partial charge is 0.410 e. The Morgan fingerprint density at radius 3 is 2.62 bits per heavy atom. The minimum Gasteiger partial charge on any atom is -0.441 e. The van der Waals surface area contributed by atoms with Crippen molar-refractivity contribution < 1.29 is 9.53 Å². The summed E-state index contributed by atoms with van der Waals surface area (Å²) in [5, 5.41) is 0. The van der Waals surface area contributed by atoms with E-state index in [0.29, 0.717) is 0 Å². The Kier molecular flexibility index (Phi) is 1.63. The lowest BCUT2D eigenvalue weighted by Gasteiger charge is -2.43. The van der Waals surface area contributed by atoms with E-state index in [9.17, 15) is 4.79 Å². The molecule has 0 aromatic heterocycles. The zero-order valence-corrected chi connectivity index (χ0v) is 8.59. The van der Waals surface area contributed by atoms with E-state index in [2.05, 4.69) is 6.92 Å². The van der Waals surface area contributed by atoms with Gasteiger partial charge in [-0.2, -0.15) is 0 Å². The van der Waals surface area contributed by atoms with Crippen molar-refractivity contribution in [2.75, 3.05) is 6.54 Å². The summed E-state index contributed by atoms with van der Waals surface area (Å²) in [4.78, 5) is 13.4. The van der Waals surface area contributed by atoms with Crippen LogP contribution in [0.2, 0.25) is 0 Å². The highest BCUT2D eigenvalue weighted by Crippen LogP contribution is 2.44. The first-order valence-electron chi connectivity index (χ1n) is 4.98. The molecule has 1 atom stereocenters. The van der Waals surface area contributed by atoms with Crippen molar-refractivity contribution in [2.45, 2.75) is 51.2 Å². The predicted molar refractivity (Wildman–Crippen MR) is 49.5 cm³/mol. The molecule has 2 heterocycles. The summed E-state index contributed by atoms with van der Waals surface area (Å²) < 4.78 is 5.39. The van der Waals surface area contributed by atoms with Gasteiger partial charge in [-0.3, -0.25) is 4.90 Å². The first kappa shape index (κ1) is 8.85. The Bertz CT molecular complexity index is 249. The lowest BCUT2D eigenvalue weighted by molar-refractivity contribution is 0.00989. The molecule has 0 N–H and O–H groups in total. The summed E-state index contributed by atoms with van der Waals surface area (Å²) in [6.07, 6.45) is 3.24. The van der Waals surface area contributed by atoms with Crippen molar-refractivity contribution in [3.63, 3.8) is 0 Å². The van der Waals surface area contributed by atoms with Gasteiger partial charge in [-0.1, -0.05) is 0 Å². The van der Waals surface area contributed by atoms with Crippen LogP contribution in [-0.4, -0.2) is 28.7 Å². The number of hydrogen-bond acceptors (Lipinski definition) is 2. The van der Waals surface area contributed by atoms with E-state index in [0.717, 1.165) is 19.4 Å². The fourth-order valence-corrected chi connectivity index (χ4v) is 2.42. The van der Waals surface area contributed by atoms with Gasteiger partial charge in [0, 0.05) is 6.54 Å². The van der Waals surface area contributed by atoms with Crippen LogP contribution in [-0.2, 0) is 4.74 Å². The van der Waals surface area contributed by atoms with E-state index in [1.54, 1.807) is 0 Å². The molecule has 0 saturated carbocycles. The Labute approximate surface area is 79.0 Å². The molecule has 13 heavy (non-hydrogen) atoms. The summed E-state index contributed by atoms with van der Waals surface area (Å²) in [5.74, 6) is 0. The third kappa shape index (κ3) is 0.990. The fourth-order valence-electron chi connectivity index (χ4n) is 2.42. The molecule has 0 aromatic carbocycles. The molecule has 2 rings (SSSR count). The van der Waals surface area contributed by atoms with Crippen LogP contribution >= 0.6 is 0 Å². The Morgan fingerprint density at radius 1 is 1.31 bits per heavy atom. The first-order chi connectivity index (χ1) is 5.97. The standard InChI is InChI=1S/C10H17NO2/c1-9(2)10(3)6-4-5-7-11(10)8(12)13-9/h4-7H2,1-3H3/t10-/m0/s1. The van der Waals surface area contributed by atoms with Gasteiger partial charge in [0.2, 0.25) is 0 Å². The fraction of sp³-hybridized carbons (Fsp3) is 0.900. The molecular formula is C10H17NO2. The molecule has 2 saturated heterocycles. The second-order valence-corrected chi connectivity index (χ2v) is 4.76. The van der Waals surface area contributed by atoms with Crippen LogP contribution in [0.1, 0.15) is 40.0 Å². The Hall–Kier alpha value is -0.730. The average molecular weight is 183 g/mol. The molecule has 0 spiro atoms. The zero-order chi connectivity index (χ0) is 9.69. The molecule has 2 aliphatic heterocycles. The molecule has 0 unspecified atom stereocenters. The van der Waals surface area contributed by atoms with Crippen molar-refractivity contribution in [3.8, 4) is 0 Å². The van der Waals surface area contributed by atoms with E-state index >= 15 is 0 Å². The number of piperidine rings is 1. The third-order valence-electron chi connectivity index (χ3n) is 3.75. The van der Waals surface area contributed by atoms with Gasteiger partial charge in [0.25, 0.3) is 0 Å². The molecule has 0 bridgehead atoms. The number of hydrogen-bond donors (Lipinski definition) is 0. The highest BCUT2D eigenvalue weighted by atomic mass is 16.6. The first-order valence-corrected chi connectivity index (χ1v) is 4.98. The SMILES string of the molecule is CC1(C)OC(=O)N2CCCC[C@]21C. The second-order valence-electron chi connectivity index (χ2n) is 4.76.